The molecule has 1 aromatic carbocycles. The maximum absolute atomic E-state index is 12.4. The van der Waals surface area contributed by atoms with Gasteiger partial charge in [0.2, 0.25) is 0 Å². The molecule has 0 radical (unpaired) electrons. The van der Waals surface area contributed by atoms with E-state index in [0.717, 1.165) is 0 Å². The Kier molecular flexibility index (Phi) is 8.58. The number of para-hydroxylation sites is 1. The SMILES string of the molecule is COc1cccc(C(=O)NCCCN)c1OC(F)F.Cl. The van der Waals surface area contributed by atoms with Gasteiger partial charge in [0.1, 0.15) is 0 Å². The number of methoxy groups -OCH3 is 1. The van der Waals surface area contributed by atoms with Crippen LogP contribution in [-0.4, -0.2) is 32.7 Å². The molecule has 5 nitrogen and oxygen atoms in total. The van der Waals surface area contributed by atoms with Gasteiger partial charge in [-0.1, -0.05) is 6.07 Å². The zero-order valence-electron chi connectivity index (χ0n) is 10.9. The number of carbonyl (C=O) groups is 1. The molecule has 20 heavy (non-hydrogen) atoms. The zero-order valence-corrected chi connectivity index (χ0v) is 11.7. The van der Waals surface area contributed by atoms with Crippen LogP contribution in [0.5, 0.6) is 11.5 Å². The summed E-state index contributed by atoms with van der Waals surface area (Å²) < 4.78 is 34.0. The summed E-state index contributed by atoms with van der Waals surface area (Å²) in [5, 5.41) is 2.57. The monoisotopic (exact) mass is 310 g/mol. The molecule has 0 unspecified atom stereocenters. The number of benzene rings is 1. The first-order chi connectivity index (χ1) is 9.10. The predicted octanol–water partition coefficient (Wildman–Crippen LogP) is 1.80. The molecule has 3 N–H and O–H groups in total. The highest BCUT2D eigenvalue weighted by Gasteiger charge is 2.19. The van der Waals surface area contributed by atoms with Gasteiger partial charge in [-0.2, -0.15) is 8.78 Å². The quantitative estimate of drug-likeness (QED) is 0.753. The number of hydrogen-bond acceptors (Lipinski definition) is 4. The Balaban J connectivity index is 0.00000361. The van der Waals surface area contributed by atoms with Crippen molar-refractivity contribution in [3.05, 3.63) is 23.8 Å². The van der Waals surface area contributed by atoms with Crippen LogP contribution in [0, 0.1) is 0 Å². The Labute approximate surface area is 121 Å². The van der Waals surface area contributed by atoms with Crippen molar-refractivity contribution in [3.63, 3.8) is 0 Å². The lowest BCUT2D eigenvalue weighted by atomic mass is 10.1. The van der Waals surface area contributed by atoms with Gasteiger partial charge in [0.05, 0.1) is 12.7 Å². The summed E-state index contributed by atoms with van der Waals surface area (Å²) in [5.41, 5.74) is 5.30. The fourth-order valence-electron chi connectivity index (χ4n) is 1.47. The van der Waals surface area contributed by atoms with E-state index in [4.69, 9.17) is 10.5 Å². The maximum atomic E-state index is 12.4. The average Bonchev–Trinajstić information content (AvgIpc) is 2.38. The number of nitrogens with one attached hydrogen (secondary N) is 1. The Morgan fingerprint density at radius 3 is 2.70 bits per heavy atom. The van der Waals surface area contributed by atoms with E-state index in [0.29, 0.717) is 19.5 Å². The zero-order chi connectivity index (χ0) is 14.3. The lowest BCUT2D eigenvalue weighted by Crippen LogP contribution is -2.26. The first-order valence-corrected chi connectivity index (χ1v) is 5.70. The van der Waals surface area contributed by atoms with Gasteiger partial charge >= 0.3 is 6.61 Å². The van der Waals surface area contributed by atoms with Crippen molar-refractivity contribution in [1.82, 2.24) is 5.32 Å². The molecule has 1 aromatic rings. The minimum absolute atomic E-state index is 0. The van der Waals surface area contributed by atoms with E-state index in [2.05, 4.69) is 10.1 Å². The van der Waals surface area contributed by atoms with Crippen molar-refractivity contribution in [2.45, 2.75) is 13.0 Å². The standard InChI is InChI=1S/C12H16F2N2O3.ClH/c1-18-9-5-2-4-8(10(9)19-12(13)14)11(17)16-7-3-6-15;/h2,4-5,12H,3,6-7,15H2,1H3,(H,16,17);1H. The van der Waals surface area contributed by atoms with Crippen LogP contribution in [0.25, 0.3) is 0 Å². The van der Waals surface area contributed by atoms with Crippen LogP contribution >= 0.6 is 12.4 Å². The molecule has 1 rings (SSSR count). The highest BCUT2D eigenvalue weighted by molar-refractivity contribution is 5.97. The molecular weight excluding hydrogens is 294 g/mol. The number of nitrogens with two attached hydrogens (primary N) is 1. The van der Waals surface area contributed by atoms with Gasteiger partial charge in [-0.25, -0.2) is 0 Å². The number of halogens is 3. The molecule has 0 spiro atoms. The van der Waals surface area contributed by atoms with E-state index in [1.165, 1.54) is 25.3 Å². The minimum Gasteiger partial charge on any atom is -0.493 e. The first-order valence-electron chi connectivity index (χ1n) is 5.70. The largest absolute Gasteiger partial charge is 0.493 e. The van der Waals surface area contributed by atoms with Gasteiger partial charge in [-0.15, -0.1) is 12.4 Å². The third kappa shape index (κ3) is 5.18. The van der Waals surface area contributed by atoms with Gasteiger partial charge < -0.3 is 20.5 Å². The van der Waals surface area contributed by atoms with Crippen LogP contribution in [0.2, 0.25) is 0 Å². The minimum atomic E-state index is -3.04. The lowest BCUT2D eigenvalue weighted by Gasteiger charge is -2.14. The van der Waals surface area contributed by atoms with Crippen LogP contribution in [0.3, 0.4) is 0 Å². The number of hydrogen-bond donors (Lipinski definition) is 2. The van der Waals surface area contributed by atoms with E-state index in [1.807, 2.05) is 0 Å². The maximum Gasteiger partial charge on any atom is 0.387 e. The molecule has 1 amide bonds. The number of ether oxygens (including phenoxy) is 2. The van der Waals surface area contributed by atoms with Gasteiger partial charge in [-0.05, 0) is 25.1 Å². The molecule has 0 aromatic heterocycles. The normalized spacial score (nSPS) is 9.85. The summed E-state index contributed by atoms with van der Waals surface area (Å²) in [4.78, 5) is 11.9. The smallest absolute Gasteiger partial charge is 0.387 e. The molecule has 0 fully saturated rings. The highest BCUT2D eigenvalue weighted by atomic mass is 35.5. The van der Waals surface area contributed by atoms with Gasteiger partial charge in [0.15, 0.2) is 11.5 Å². The van der Waals surface area contributed by atoms with Gasteiger partial charge in [-0.3, -0.25) is 4.79 Å². The Bertz CT molecular complexity index is 433. The van der Waals surface area contributed by atoms with Crippen LogP contribution in [0.1, 0.15) is 16.8 Å². The Morgan fingerprint density at radius 1 is 1.45 bits per heavy atom. The molecule has 0 heterocycles. The molecule has 0 bridgehead atoms. The number of rotatable bonds is 7. The molecular formula is C12H17ClF2N2O3. The lowest BCUT2D eigenvalue weighted by molar-refractivity contribution is -0.0515. The van der Waals surface area contributed by atoms with Crippen LogP contribution in [0.4, 0.5) is 8.78 Å². The van der Waals surface area contributed by atoms with Gasteiger partial charge in [0.25, 0.3) is 5.91 Å². The second kappa shape index (κ2) is 9.33. The molecule has 0 aliphatic heterocycles. The highest BCUT2D eigenvalue weighted by Crippen LogP contribution is 2.32. The van der Waals surface area contributed by atoms with Crippen molar-refractivity contribution in [1.29, 1.82) is 0 Å². The van der Waals surface area contributed by atoms with Crippen molar-refractivity contribution in [2.75, 3.05) is 20.2 Å². The molecule has 0 saturated carbocycles. The van der Waals surface area contributed by atoms with E-state index < -0.39 is 12.5 Å². The van der Waals surface area contributed by atoms with Crippen LogP contribution in [0.15, 0.2) is 18.2 Å². The van der Waals surface area contributed by atoms with E-state index in [1.54, 1.807) is 0 Å². The third-order valence-electron chi connectivity index (χ3n) is 2.32. The van der Waals surface area contributed by atoms with Crippen LogP contribution < -0.4 is 20.5 Å². The Morgan fingerprint density at radius 2 is 2.15 bits per heavy atom. The molecule has 8 heteroatoms. The number of alkyl halides is 2. The second-order valence-corrected chi connectivity index (χ2v) is 3.61. The third-order valence-corrected chi connectivity index (χ3v) is 2.32. The van der Waals surface area contributed by atoms with Gasteiger partial charge in [0, 0.05) is 6.54 Å². The van der Waals surface area contributed by atoms with Crippen LogP contribution in [-0.2, 0) is 0 Å². The van der Waals surface area contributed by atoms with Crippen molar-refractivity contribution < 1.29 is 23.0 Å². The summed E-state index contributed by atoms with van der Waals surface area (Å²) in [6.07, 6.45) is 0.598. The number of carbonyl (C=O) groups excluding carboxylic acids is 1. The summed E-state index contributed by atoms with van der Waals surface area (Å²) >= 11 is 0. The molecule has 0 saturated heterocycles. The van der Waals surface area contributed by atoms with E-state index in [-0.39, 0.29) is 29.5 Å². The molecule has 0 aliphatic rings. The molecule has 114 valence electrons. The predicted molar refractivity (Wildman–Crippen MR) is 72.9 cm³/mol. The van der Waals surface area contributed by atoms with Crippen molar-refractivity contribution in [2.24, 2.45) is 5.73 Å². The fraction of sp³-hybridized carbons (Fsp3) is 0.417. The van der Waals surface area contributed by atoms with E-state index in [9.17, 15) is 13.6 Å². The molecule has 0 aliphatic carbocycles. The Hall–Kier alpha value is -1.60. The summed E-state index contributed by atoms with van der Waals surface area (Å²) in [6, 6.07) is 4.35. The first kappa shape index (κ1) is 18.4. The van der Waals surface area contributed by atoms with E-state index >= 15 is 0 Å². The fourth-order valence-corrected chi connectivity index (χ4v) is 1.47. The second-order valence-electron chi connectivity index (χ2n) is 3.61. The van der Waals surface area contributed by atoms with Crippen molar-refractivity contribution in [3.8, 4) is 11.5 Å². The summed E-state index contributed by atoms with van der Waals surface area (Å²) in [7, 11) is 1.31. The summed E-state index contributed by atoms with van der Waals surface area (Å²) in [6.45, 7) is -2.24. The number of amides is 1. The topological polar surface area (TPSA) is 73.6 Å². The summed E-state index contributed by atoms with van der Waals surface area (Å²) in [5.74, 6) is -0.708. The molecule has 0 atom stereocenters. The van der Waals surface area contributed by atoms with Crippen molar-refractivity contribution >= 4 is 18.3 Å². The average molecular weight is 311 g/mol.